The summed E-state index contributed by atoms with van der Waals surface area (Å²) in [5.74, 6) is 0.698. The van der Waals surface area contributed by atoms with Crippen LogP contribution in [0.4, 0.5) is 0 Å². The molecule has 0 unspecified atom stereocenters. The van der Waals surface area contributed by atoms with Gasteiger partial charge in [0.25, 0.3) is 0 Å². The van der Waals surface area contributed by atoms with Crippen LogP contribution in [-0.2, 0) is 11.3 Å². The molecule has 1 atom stereocenters. The van der Waals surface area contributed by atoms with Gasteiger partial charge in [-0.25, -0.2) is 0 Å². The van der Waals surface area contributed by atoms with Crippen LogP contribution in [0.5, 0.6) is 0 Å². The molecule has 0 fully saturated rings. The van der Waals surface area contributed by atoms with E-state index in [0.29, 0.717) is 18.9 Å². The second-order valence-electron chi connectivity index (χ2n) is 4.26. The molecule has 0 spiro atoms. The molecule has 0 saturated carbocycles. The zero-order valence-corrected chi connectivity index (χ0v) is 10.4. The standard InChI is InChI=1S/C13H21NO2/c1-4-11(3)8-13(15)14(5-2)9-12-6-7-16-10-12/h6-7,10-11H,4-5,8-9H2,1-3H3/t11-/m0/s1. The van der Waals surface area contributed by atoms with Gasteiger partial charge in [-0.3, -0.25) is 4.79 Å². The Labute approximate surface area is 97.4 Å². The third kappa shape index (κ3) is 3.72. The molecule has 3 heteroatoms. The summed E-state index contributed by atoms with van der Waals surface area (Å²) in [6.45, 7) is 7.64. The van der Waals surface area contributed by atoms with Gasteiger partial charge in [-0.05, 0) is 18.9 Å². The van der Waals surface area contributed by atoms with Crippen molar-refractivity contribution < 1.29 is 9.21 Å². The van der Waals surface area contributed by atoms with Crippen molar-refractivity contribution in [3.63, 3.8) is 0 Å². The molecule has 3 nitrogen and oxygen atoms in total. The molecule has 0 aromatic carbocycles. The van der Waals surface area contributed by atoms with Gasteiger partial charge in [0.05, 0.1) is 12.5 Å². The summed E-state index contributed by atoms with van der Waals surface area (Å²) in [7, 11) is 0. The second kappa shape index (κ2) is 6.36. The van der Waals surface area contributed by atoms with Gasteiger partial charge in [-0.1, -0.05) is 20.3 Å². The van der Waals surface area contributed by atoms with Crippen LogP contribution in [0.2, 0.25) is 0 Å². The predicted octanol–water partition coefficient (Wildman–Crippen LogP) is 3.06. The van der Waals surface area contributed by atoms with Gasteiger partial charge in [0.2, 0.25) is 5.91 Å². The molecule has 90 valence electrons. The number of rotatable bonds is 6. The first kappa shape index (κ1) is 12.8. The summed E-state index contributed by atoms with van der Waals surface area (Å²) < 4.78 is 5.00. The minimum Gasteiger partial charge on any atom is -0.472 e. The Hall–Kier alpha value is -1.25. The Morgan fingerprint density at radius 3 is 2.75 bits per heavy atom. The van der Waals surface area contributed by atoms with Crippen LogP contribution in [0.3, 0.4) is 0 Å². The molecular formula is C13H21NO2. The maximum absolute atomic E-state index is 12.0. The van der Waals surface area contributed by atoms with E-state index >= 15 is 0 Å². The zero-order chi connectivity index (χ0) is 12.0. The number of furan rings is 1. The maximum Gasteiger partial charge on any atom is 0.223 e. The molecule has 0 aliphatic rings. The molecule has 1 heterocycles. The highest BCUT2D eigenvalue weighted by molar-refractivity contribution is 5.76. The molecule has 1 aromatic rings. The number of hydrogen-bond donors (Lipinski definition) is 0. The monoisotopic (exact) mass is 223 g/mol. The molecule has 0 N–H and O–H groups in total. The smallest absolute Gasteiger partial charge is 0.223 e. The first-order chi connectivity index (χ1) is 7.67. The molecule has 1 aromatic heterocycles. The van der Waals surface area contributed by atoms with E-state index in [1.807, 2.05) is 17.9 Å². The minimum absolute atomic E-state index is 0.234. The molecule has 16 heavy (non-hydrogen) atoms. The molecule has 0 aliphatic heterocycles. The second-order valence-corrected chi connectivity index (χ2v) is 4.26. The minimum atomic E-state index is 0.234. The zero-order valence-electron chi connectivity index (χ0n) is 10.4. The van der Waals surface area contributed by atoms with Crippen molar-refractivity contribution in [2.75, 3.05) is 6.54 Å². The van der Waals surface area contributed by atoms with Crippen molar-refractivity contribution in [2.24, 2.45) is 5.92 Å². The Bertz CT molecular complexity index is 306. The number of carbonyl (C=O) groups excluding carboxylic acids is 1. The Balaban J connectivity index is 2.50. The molecule has 0 saturated heterocycles. The van der Waals surface area contributed by atoms with Crippen LogP contribution in [0.15, 0.2) is 23.0 Å². The van der Waals surface area contributed by atoms with Gasteiger partial charge in [0.15, 0.2) is 0 Å². The van der Waals surface area contributed by atoms with Crippen molar-refractivity contribution in [2.45, 2.75) is 40.2 Å². The summed E-state index contributed by atoms with van der Waals surface area (Å²) in [5, 5.41) is 0. The lowest BCUT2D eigenvalue weighted by molar-refractivity contribution is -0.132. The molecule has 0 radical (unpaired) electrons. The summed E-state index contributed by atoms with van der Waals surface area (Å²) in [4.78, 5) is 13.8. The quantitative estimate of drug-likeness (QED) is 0.742. The lowest BCUT2D eigenvalue weighted by Gasteiger charge is -2.21. The predicted molar refractivity (Wildman–Crippen MR) is 63.9 cm³/mol. The van der Waals surface area contributed by atoms with Crippen LogP contribution in [-0.4, -0.2) is 17.4 Å². The fourth-order valence-corrected chi connectivity index (χ4v) is 1.55. The molecular weight excluding hydrogens is 202 g/mol. The van der Waals surface area contributed by atoms with Gasteiger partial charge < -0.3 is 9.32 Å². The first-order valence-electron chi connectivity index (χ1n) is 5.96. The van der Waals surface area contributed by atoms with Crippen LogP contribution < -0.4 is 0 Å². The van der Waals surface area contributed by atoms with Crippen LogP contribution in [0, 0.1) is 5.92 Å². The van der Waals surface area contributed by atoms with E-state index in [-0.39, 0.29) is 5.91 Å². The van der Waals surface area contributed by atoms with Gasteiger partial charge in [0.1, 0.15) is 0 Å². The van der Waals surface area contributed by atoms with Crippen LogP contribution in [0.1, 0.15) is 39.2 Å². The van der Waals surface area contributed by atoms with Gasteiger partial charge >= 0.3 is 0 Å². The van der Waals surface area contributed by atoms with Crippen molar-refractivity contribution in [1.29, 1.82) is 0 Å². The van der Waals surface area contributed by atoms with E-state index in [2.05, 4.69) is 13.8 Å². The van der Waals surface area contributed by atoms with E-state index in [4.69, 9.17) is 4.42 Å². The summed E-state index contributed by atoms with van der Waals surface area (Å²) >= 11 is 0. The maximum atomic E-state index is 12.0. The SMILES string of the molecule is CC[C@H](C)CC(=O)N(CC)Cc1ccoc1. The summed E-state index contributed by atoms with van der Waals surface area (Å²) in [6.07, 6.45) is 5.03. The topological polar surface area (TPSA) is 33.5 Å². The first-order valence-corrected chi connectivity index (χ1v) is 5.96. The van der Waals surface area contributed by atoms with Crippen LogP contribution in [0.25, 0.3) is 0 Å². The highest BCUT2D eigenvalue weighted by atomic mass is 16.3. The fraction of sp³-hybridized carbons (Fsp3) is 0.615. The van der Waals surface area contributed by atoms with Crippen molar-refractivity contribution >= 4 is 5.91 Å². The van der Waals surface area contributed by atoms with Crippen molar-refractivity contribution in [1.82, 2.24) is 4.90 Å². The van der Waals surface area contributed by atoms with Crippen molar-refractivity contribution in [3.8, 4) is 0 Å². The van der Waals surface area contributed by atoms with Crippen molar-refractivity contribution in [3.05, 3.63) is 24.2 Å². The van der Waals surface area contributed by atoms with Gasteiger partial charge in [0, 0.05) is 25.1 Å². The molecule has 1 amide bonds. The van der Waals surface area contributed by atoms with Gasteiger partial charge in [-0.15, -0.1) is 0 Å². The Morgan fingerprint density at radius 2 is 2.25 bits per heavy atom. The van der Waals surface area contributed by atoms with E-state index in [9.17, 15) is 4.79 Å². The lowest BCUT2D eigenvalue weighted by atomic mass is 10.0. The highest BCUT2D eigenvalue weighted by Gasteiger charge is 2.14. The van der Waals surface area contributed by atoms with E-state index in [1.54, 1.807) is 12.5 Å². The molecule has 0 aliphatic carbocycles. The third-order valence-corrected chi connectivity index (χ3v) is 2.91. The van der Waals surface area contributed by atoms with E-state index < -0.39 is 0 Å². The third-order valence-electron chi connectivity index (χ3n) is 2.91. The van der Waals surface area contributed by atoms with Crippen LogP contribution >= 0.6 is 0 Å². The molecule has 0 bridgehead atoms. The largest absolute Gasteiger partial charge is 0.472 e. The van der Waals surface area contributed by atoms with E-state index in [1.165, 1.54) is 0 Å². The fourth-order valence-electron chi connectivity index (χ4n) is 1.55. The van der Waals surface area contributed by atoms with Gasteiger partial charge in [-0.2, -0.15) is 0 Å². The number of hydrogen-bond acceptors (Lipinski definition) is 2. The average molecular weight is 223 g/mol. The average Bonchev–Trinajstić information content (AvgIpc) is 2.78. The lowest BCUT2D eigenvalue weighted by Crippen LogP contribution is -2.31. The summed E-state index contributed by atoms with van der Waals surface area (Å²) in [6, 6.07) is 1.90. The number of amides is 1. The Morgan fingerprint density at radius 1 is 1.50 bits per heavy atom. The normalized spacial score (nSPS) is 12.4. The highest BCUT2D eigenvalue weighted by Crippen LogP contribution is 2.12. The summed E-state index contributed by atoms with van der Waals surface area (Å²) in [5.41, 5.74) is 1.05. The number of carbonyl (C=O) groups is 1. The molecule has 1 rings (SSSR count). The van der Waals surface area contributed by atoms with E-state index in [0.717, 1.165) is 18.5 Å². The Kier molecular flexibility index (Phi) is 5.09. The number of nitrogens with zero attached hydrogens (tertiary/aromatic N) is 1.